The van der Waals surface area contributed by atoms with Crippen LogP contribution in [0.1, 0.15) is 34.2 Å². The van der Waals surface area contributed by atoms with Crippen LogP contribution in [-0.4, -0.2) is 54.2 Å². The van der Waals surface area contributed by atoms with Crippen LogP contribution in [-0.2, 0) is 4.74 Å². The second-order valence-electron chi connectivity index (χ2n) is 7.51. The summed E-state index contributed by atoms with van der Waals surface area (Å²) in [6, 6.07) is 1.67. The van der Waals surface area contributed by atoms with Gasteiger partial charge in [-0.1, -0.05) is 28.4 Å². The van der Waals surface area contributed by atoms with Crippen LogP contribution < -0.4 is 10.6 Å². The third-order valence-electron chi connectivity index (χ3n) is 5.57. The number of rotatable bonds is 4. The Hall–Kier alpha value is -2.71. The second-order valence-corrected chi connectivity index (χ2v) is 8.35. The van der Waals surface area contributed by atoms with Crippen LogP contribution in [0, 0.1) is 6.92 Å². The molecule has 1 atom stereocenters. The van der Waals surface area contributed by atoms with Gasteiger partial charge >= 0.3 is 0 Å². The summed E-state index contributed by atoms with van der Waals surface area (Å²) in [7, 11) is 1.60. The Bertz CT molecular complexity index is 1060. The number of hydrogen-bond acceptors (Lipinski definition) is 7. The maximum Gasteiger partial charge on any atom is 0.259 e. The number of allylic oxidation sites excluding steroid dienone is 4. The first-order chi connectivity index (χ1) is 14.9. The zero-order chi connectivity index (χ0) is 22.1. The van der Waals surface area contributed by atoms with Gasteiger partial charge in [0.2, 0.25) is 0 Å². The number of aromatic nitrogens is 2. The topological polar surface area (TPSA) is 97.7 Å². The summed E-state index contributed by atoms with van der Waals surface area (Å²) in [6.07, 6.45) is 5.70. The summed E-state index contributed by atoms with van der Waals surface area (Å²) in [5.41, 5.74) is 7.75. The number of nitrogens with zero attached hydrogens (tertiary/aromatic N) is 4. The van der Waals surface area contributed by atoms with Crippen LogP contribution in [0.3, 0.4) is 0 Å². The molecule has 2 aromatic rings. The molecule has 0 aromatic carbocycles. The van der Waals surface area contributed by atoms with E-state index in [1.165, 1.54) is 0 Å². The number of anilines is 1. The fourth-order valence-corrected chi connectivity index (χ4v) is 4.46. The quantitative estimate of drug-likeness (QED) is 0.740. The number of hydrogen-bond donors (Lipinski definition) is 1. The average molecular weight is 464 g/mol. The first-order valence-electron chi connectivity index (χ1n) is 9.90. The van der Waals surface area contributed by atoms with Crippen molar-refractivity contribution in [3.05, 3.63) is 62.9 Å². The fourth-order valence-electron chi connectivity index (χ4n) is 3.96. The summed E-state index contributed by atoms with van der Waals surface area (Å²) in [5.74, 6) is 1.47. The molecule has 10 heteroatoms. The van der Waals surface area contributed by atoms with Gasteiger partial charge in [-0.05, 0) is 25.1 Å². The summed E-state index contributed by atoms with van der Waals surface area (Å²) in [6.45, 7) is 3.98. The van der Waals surface area contributed by atoms with Gasteiger partial charge in [0.15, 0.2) is 0 Å². The molecule has 164 valence electrons. The SMILES string of the molecule is COC1=CC=C(N)CC1c1noc(C)c1C(=O)N1CCN(c2ncc(Cl)cc2Cl)CC1. The van der Waals surface area contributed by atoms with Crippen molar-refractivity contribution in [3.63, 3.8) is 0 Å². The lowest BCUT2D eigenvalue weighted by molar-refractivity contribution is 0.0743. The van der Waals surface area contributed by atoms with Crippen molar-refractivity contribution >= 4 is 34.9 Å². The molecule has 1 aliphatic carbocycles. The van der Waals surface area contributed by atoms with E-state index in [1.807, 2.05) is 11.0 Å². The summed E-state index contributed by atoms with van der Waals surface area (Å²) in [4.78, 5) is 21.6. The Morgan fingerprint density at radius 2 is 2.00 bits per heavy atom. The van der Waals surface area contributed by atoms with Gasteiger partial charge in [0.1, 0.15) is 28.6 Å². The van der Waals surface area contributed by atoms with E-state index >= 15 is 0 Å². The van der Waals surface area contributed by atoms with Crippen LogP contribution in [0.5, 0.6) is 0 Å². The lowest BCUT2D eigenvalue weighted by Crippen LogP contribution is -2.49. The van der Waals surface area contributed by atoms with Gasteiger partial charge in [-0.25, -0.2) is 4.98 Å². The highest BCUT2D eigenvalue weighted by Crippen LogP contribution is 2.36. The smallest absolute Gasteiger partial charge is 0.259 e. The number of aryl methyl sites for hydroxylation is 1. The lowest BCUT2D eigenvalue weighted by atomic mass is 9.90. The van der Waals surface area contributed by atoms with Crippen molar-refractivity contribution in [2.75, 3.05) is 38.2 Å². The number of halogens is 2. The number of amides is 1. The predicted molar refractivity (Wildman–Crippen MR) is 118 cm³/mol. The number of pyridine rings is 1. The number of carbonyl (C=O) groups excluding carboxylic acids is 1. The molecule has 3 heterocycles. The molecule has 31 heavy (non-hydrogen) atoms. The Morgan fingerprint density at radius 1 is 1.26 bits per heavy atom. The van der Waals surface area contributed by atoms with Gasteiger partial charge in [0.05, 0.1) is 23.1 Å². The van der Waals surface area contributed by atoms with E-state index < -0.39 is 0 Å². The van der Waals surface area contributed by atoms with E-state index in [0.29, 0.717) is 76.9 Å². The highest BCUT2D eigenvalue weighted by atomic mass is 35.5. The highest BCUT2D eigenvalue weighted by Gasteiger charge is 2.34. The number of piperazine rings is 1. The highest BCUT2D eigenvalue weighted by molar-refractivity contribution is 6.36. The molecule has 1 saturated heterocycles. The van der Waals surface area contributed by atoms with Gasteiger partial charge in [-0.15, -0.1) is 0 Å². The Kier molecular flexibility index (Phi) is 6.11. The first-order valence-corrected chi connectivity index (χ1v) is 10.7. The van der Waals surface area contributed by atoms with Crippen molar-refractivity contribution in [1.82, 2.24) is 15.0 Å². The van der Waals surface area contributed by atoms with Crippen LogP contribution in [0.25, 0.3) is 0 Å². The molecule has 4 rings (SSSR count). The minimum Gasteiger partial charge on any atom is -0.500 e. The number of ether oxygens (including phenoxy) is 1. The predicted octanol–water partition coefficient (Wildman–Crippen LogP) is 3.51. The zero-order valence-corrected chi connectivity index (χ0v) is 18.8. The molecule has 2 aliphatic rings. The number of carbonyl (C=O) groups is 1. The molecule has 1 fully saturated rings. The van der Waals surface area contributed by atoms with Crippen molar-refractivity contribution < 1.29 is 14.1 Å². The minimum atomic E-state index is -0.259. The molecule has 1 amide bonds. The second kappa shape index (κ2) is 8.80. The Labute approximate surface area is 190 Å². The molecule has 0 saturated carbocycles. The van der Waals surface area contributed by atoms with Gasteiger partial charge in [-0.2, -0.15) is 0 Å². The van der Waals surface area contributed by atoms with Crippen LogP contribution in [0.4, 0.5) is 5.82 Å². The van der Waals surface area contributed by atoms with E-state index in [4.69, 9.17) is 38.2 Å². The maximum atomic E-state index is 13.4. The average Bonchev–Trinajstić information content (AvgIpc) is 3.14. The van der Waals surface area contributed by atoms with Crippen molar-refractivity contribution in [2.45, 2.75) is 19.3 Å². The Morgan fingerprint density at radius 3 is 2.68 bits per heavy atom. The third kappa shape index (κ3) is 4.22. The van der Waals surface area contributed by atoms with E-state index in [2.05, 4.69) is 10.1 Å². The molecule has 8 nitrogen and oxygen atoms in total. The Balaban J connectivity index is 1.52. The third-order valence-corrected chi connectivity index (χ3v) is 6.05. The van der Waals surface area contributed by atoms with Crippen molar-refractivity contribution in [1.29, 1.82) is 0 Å². The maximum absolute atomic E-state index is 13.4. The van der Waals surface area contributed by atoms with Crippen LogP contribution >= 0.6 is 23.2 Å². The summed E-state index contributed by atoms with van der Waals surface area (Å²) in [5, 5.41) is 5.17. The fraction of sp³-hybridized carbons (Fsp3) is 0.381. The molecule has 2 N–H and O–H groups in total. The van der Waals surface area contributed by atoms with Crippen LogP contribution in [0.15, 0.2) is 40.4 Å². The summed E-state index contributed by atoms with van der Waals surface area (Å²) < 4.78 is 10.9. The van der Waals surface area contributed by atoms with E-state index in [1.54, 1.807) is 37.3 Å². The monoisotopic (exact) mass is 463 g/mol. The minimum absolute atomic E-state index is 0.118. The molecule has 2 aromatic heterocycles. The van der Waals surface area contributed by atoms with Gasteiger partial charge in [0.25, 0.3) is 5.91 Å². The van der Waals surface area contributed by atoms with Gasteiger partial charge in [-0.3, -0.25) is 4.79 Å². The largest absolute Gasteiger partial charge is 0.500 e. The zero-order valence-electron chi connectivity index (χ0n) is 17.3. The normalized spacial score (nSPS) is 19.2. The molecule has 1 unspecified atom stereocenters. The number of methoxy groups -OCH3 is 1. The molecule has 0 spiro atoms. The van der Waals surface area contributed by atoms with Crippen LogP contribution in [0.2, 0.25) is 10.0 Å². The molecule has 0 radical (unpaired) electrons. The molecular weight excluding hydrogens is 441 g/mol. The summed E-state index contributed by atoms with van der Waals surface area (Å²) >= 11 is 12.2. The standard InChI is InChI=1S/C21H23Cl2N5O3/c1-12-18(19(26-31-12)15-10-14(24)3-4-17(15)30-2)21(29)28-7-5-27(6-8-28)20-16(23)9-13(22)11-25-20/h3-4,9,11,15H,5-8,10,24H2,1-2H3. The van der Waals surface area contributed by atoms with E-state index in [0.717, 1.165) is 0 Å². The van der Waals surface area contributed by atoms with Gasteiger partial charge in [0, 0.05) is 44.5 Å². The van der Waals surface area contributed by atoms with Crippen molar-refractivity contribution in [2.24, 2.45) is 5.73 Å². The lowest BCUT2D eigenvalue weighted by Gasteiger charge is -2.36. The molecular formula is C21H23Cl2N5O3. The van der Waals surface area contributed by atoms with Gasteiger partial charge < -0.3 is 24.8 Å². The number of nitrogens with two attached hydrogens (primary N) is 1. The molecule has 1 aliphatic heterocycles. The van der Waals surface area contributed by atoms with Crippen molar-refractivity contribution in [3.8, 4) is 0 Å². The molecule has 0 bridgehead atoms. The first kappa shape index (κ1) is 21.5. The van der Waals surface area contributed by atoms with E-state index in [-0.39, 0.29) is 11.8 Å². The van der Waals surface area contributed by atoms with E-state index in [9.17, 15) is 4.79 Å².